The van der Waals surface area contributed by atoms with Crippen LogP contribution in [0.15, 0.2) is 53.3 Å². The van der Waals surface area contributed by atoms with Gasteiger partial charge >= 0.3 is 11.7 Å². The van der Waals surface area contributed by atoms with Gasteiger partial charge in [0, 0.05) is 12.2 Å². The van der Waals surface area contributed by atoms with Crippen LogP contribution in [0.5, 0.6) is 5.75 Å². The maximum Gasteiger partial charge on any atom is 0.354 e. The van der Waals surface area contributed by atoms with Gasteiger partial charge in [0.25, 0.3) is 0 Å². The van der Waals surface area contributed by atoms with Gasteiger partial charge in [-0.1, -0.05) is 12.1 Å². The summed E-state index contributed by atoms with van der Waals surface area (Å²) in [4.78, 5) is 38.7. The second-order valence-corrected chi connectivity index (χ2v) is 6.66. The Morgan fingerprint density at radius 2 is 1.83 bits per heavy atom. The van der Waals surface area contributed by atoms with E-state index in [4.69, 9.17) is 4.74 Å². The van der Waals surface area contributed by atoms with Crippen LogP contribution in [0.3, 0.4) is 0 Å². The summed E-state index contributed by atoms with van der Waals surface area (Å²) in [6.07, 6.45) is 0. The molecule has 0 saturated carbocycles. The van der Waals surface area contributed by atoms with E-state index in [1.165, 1.54) is 29.2 Å². The minimum absolute atomic E-state index is 0.0557. The molecule has 2 heterocycles. The third-order valence-electron chi connectivity index (χ3n) is 4.71. The van der Waals surface area contributed by atoms with Crippen molar-refractivity contribution in [1.29, 1.82) is 0 Å². The van der Waals surface area contributed by atoms with Crippen LogP contribution in [-0.4, -0.2) is 33.4 Å². The molecule has 0 fully saturated rings. The summed E-state index contributed by atoms with van der Waals surface area (Å²) in [5.41, 5.74) is 0.628. The lowest BCUT2D eigenvalue weighted by molar-refractivity contribution is -0.122. The molecule has 0 unspecified atom stereocenters. The third-order valence-corrected chi connectivity index (χ3v) is 4.71. The van der Waals surface area contributed by atoms with Crippen LogP contribution < -0.4 is 20.6 Å². The molecule has 1 aliphatic heterocycles. The number of methoxy groups -OCH3 is 1. The van der Waals surface area contributed by atoms with Gasteiger partial charge in [-0.25, -0.2) is 18.7 Å². The summed E-state index contributed by atoms with van der Waals surface area (Å²) < 4.78 is 20.1. The van der Waals surface area contributed by atoms with Crippen molar-refractivity contribution in [3.8, 4) is 5.75 Å². The number of carbonyl (C=O) groups is 2. The highest BCUT2D eigenvalue weighted by atomic mass is 19.1. The monoisotopic (exact) mass is 411 g/mol. The van der Waals surface area contributed by atoms with Crippen molar-refractivity contribution in [3.05, 3.63) is 76.2 Å². The van der Waals surface area contributed by atoms with Gasteiger partial charge in [0.05, 0.1) is 13.7 Å². The van der Waals surface area contributed by atoms with Crippen LogP contribution in [0.25, 0.3) is 0 Å². The first-order chi connectivity index (χ1) is 14.5. The number of amides is 2. The summed E-state index contributed by atoms with van der Waals surface area (Å²) in [7, 11) is 1.57. The van der Waals surface area contributed by atoms with Crippen LogP contribution in [0, 0.1) is 5.82 Å². The number of benzene rings is 2. The van der Waals surface area contributed by atoms with Crippen molar-refractivity contribution >= 4 is 17.6 Å². The van der Waals surface area contributed by atoms with Gasteiger partial charge in [0.15, 0.2) is 5.82 Å². The molecule has 3 aromatic rings. The predicted octanol–water partition coefficient (Wildman–Crippen LogP) is 1.50. The minimum Gasteiger partial charge on any atom is -0.497 e. The van der Waals surface area contributed by atoms with E-state index < -0.39 is 23.4 Å². The molecule has 0 bridgehead atoms. The van der Waals surface area contributed by atoms with Gasteiger partial charge in [0.2, 0.25) is 5.91 Å². The van der Waals surface area contributed by atoms with E-state index in [1.807, 2.05) is 12.1 Å². The summed E-state index contributed by atoms with van der Waals surface area (Å²) in [6, 6.07) is 12.0. The lowest BCUT2D eigenvalue weighted by Gasteiger charge is -2.14. The summed E-state index contributed by atoms with van der Waals surface area (Å²) in [6.45, 7) is 0.0292. The van der Waals surface area contributed by atoms with Crippen molar-refractivity contribution in [2.75, 3.05) is 12.0 Å². The standard InChI is InChI=1S/C20H18FN5O4/c1-30-16-8-2-13(3-9-16)10-22-18(27)12-25-20(29)26-17(23-25)11-24(19(26)28)15-6-4-14(21)5-7-15/h2-9H,10-12H2,1H3,(H,22,27). The Hall–Kier alpha value is -3.95. The van der Waals surface area contributed by atoms with Crippen LogP contribution in [0.4, 0.5) is 14.9 Å². The molecule has 2 amide bonds. The fourth-order valence-electron chi connectivity index (χ4n) is 3.14. The molecule has 0 radical (unpaired) electrons. The lowest BCUT2D eigenvalue weighted by atomic mass is 10.2. The maximum atomic E-state index is 13.1. The van der Waals surface area contributed by atoms with Gasteiger partial charge in [-0.15, -0.1) is 0 Å². The number of ether oxygens (including phenoxy) is 1. The van der Waals surface area contributed by atoms with E-state index in [1.54, 1.807) is 19.2 Å². The first-order valence-corrected chi connectivity index (χ1v) is 9.12. The number of anilines is 1. The Bertz CT molecular complexity index is 1150. The SMILES string of the molecule is COc1ccc(CNC(=O)Cn2nc3n(c2=O)C(=O)N(c2ccc(F)cc2)C3)cc1. The molecule has 1 aliphatic rings. The Kier molecular flexibility index (Phi) is 5.05. The quantitative estimate of drug-likeness (QED) is 0.663. The predicted molar refractivity (Wildman–Crippen MR) is 105 cm³/mol. The smallest absolute Gasteiger partial charge is 0.354 e. The normalized spacial score (nSPS) is 12.7. The zero-order valence-corrected chi connectivity index (χ0v) is 16.0. The van der Waals surface area contributed by atoms with Gasteiger partial charge in [-0.05, 0) is 42.0 Å². The number of aromatic nitrogens is 3. The largest absolute Gasteiger partial charge is 0.497 e. The van der Waals surface area contributed by atoms with E-state index >= 15 is 0 Å². The van der Waals surface area contributed by atoms with Crippen molar-refractivity contribution in [2.24, 2.45) is 0 Å². The number of fused-ring (bicyclic) bond motifs is 1. The minimum atomic E-state index is -0.695. The Morgan fingerprint density at radius 1 is 1.13 bits per heavy atom. The molecule has 0 aliphatic carbocycles. The molecule has 1 aromatic heterocycles. The Balaban J connectivity index is 1.41. The van der Waals surface area contributed by atoms with E-state index in [0.717, 1.165) is 14.8 Å². The fourth-order valence-corrected chi connectivity index (χ4v) is 3.14. The lowest BCUT2D eigenvalue weighted by Crippen LogP contribution is -2.37. The van der Waals surface area contributed by atoms with E-state index in [9.17, 15) is 18.8 Å². The van der Waals surface area contributed by atoms with Crippen LogP contribution >= 0.6 is 0 Å². The molecule has 0 atom stereocenters. The zero-order chi connectivity index (χ0) is 21.3. The van der Waals surface area contributed by atoms with Crippen LogP contribution in [0.1, 0.15) is 11.4 Å². The number of nitrogens with zero attached hydrogens (tertiary/aromatic N) is 4. The van der Waals surface area contributed by atoms with Crippen LogP contribution in [0.2, 0.25) is 0 Å². The van der Waals surface area contributed by atoms with Gasteiger partial charge in [-0.3, -0.25) is 9.69 Å². The fraction of sp³-hybridized carbons (Fsp3) is 0.200. The molecule has 9 nitrogen and oxygen atoms in total. The Morgan fingerprint density at radius 3 is 2.47 bits per heavy atom. The third kappa shape index (κ3) is 3.66. The average molecular weight is 411 g/mol. The van der Waals surface area contributed by atoms with E-state index in [-0.39, 0.29) is 25.5 Å². The molecule has 2 aromatic carbocycles. The molecule has 30 heavy (non-hydrogen) atoms. The summed E-state index contributed by atoms with van der Waals surface area (Å²) >= 11 is 0. The highest BCUT2D eigenvalue weighted by Crippen LogP contribution is 2.22. The second kappa shape index (κ2) is 7.82. The van der Waals surface area contributed by atoms with Crippen molar-refractivity contribution < 1.29 is 18.7 Å². The average Bonchev–Trinajstić information content (AvgIpc) is 3.23. The molecule has 4 rings (SSSR count). The van der Waals surface area contributed by atoms with Gasteiger partial charge in [-0.2, -0.15) is 9.67 Å². The number of hydrogen-bond donors (Lipinski definition) is 1. The summed E-state index contributed by atoms with van der Waals surface area (Å²) in [5, 5.41) is 6.81. The van der Waals surface area contributed by atoms with E-state index in [2.05, 4.69) is 10.4 Å². The number of halogens is 1. The van der Waals surface area contributed by atoms with Crippen molar-refractivity contribution in [2.45, 2.75) is 19.6 Å². The van der Waals surface area contributed by atoms with Crippen molar-refractivity contribution in [1.82, 2.24) is 19.7 Å². The first kappa shape index (κ1) is 19.4. The number of rotatable bonds is 6. The molecule has 1 N–H and O–H groups in total. The maximum absolute atomic E-state index is 13.1. The molecule has 0 spiro atoms. The van der Waals surface area contributed by atoms with Gasteiger partial charge < -0.3 is 10.1 Å². The molecular formula is C20H18FN5O4. The second-order valence-electron chi connectivity index (χ2n) is 6.66. The number of nitrogens with one attached hydrogen (secondary N) is 1. The first-order valence-electron chi connectivity index (χ1n) is 9.12. The molecular weight excluding hydrogens is 393 g/mol. The van der Waals surface area contributed by atoms with Gasteiger partial charge in [0.1, 0.15) is 18.1 Å². The topological polar surface area (TPSA) is 98.5 Å². The van der Waals surface area contributed by atoms with Crippen molar-refractivity contribution in [3.63, 3.8) is 0 Å². The molecule has 0 saturated heterocycles. The number of carbonyl (C=O) groups excluding carboxylic acids is 2. The highest BCUT2D eigenvalue weighted by molar-refractivity contribution is 5.96. The van der Waals surface area contributed by atoms with E-state index in [0.29, 0.717) is 11.4 Å². The van der Waals surface area contributed by atoms with Crippen LogP contribution in [-0.2, 0) is 24.4 Å². The zero-order valence-electron chi connectivity index (χ0n) is 16.0. The highest BCUT2D eigenvalue weighted by Gasteiger charge is 2.33. The Labute approximate surface area is 170 Å². The summed E-state index contributed by atoms with van der Waals surface area (Å²) in [5.74, 6) is 0.0967. The molecule has 154 valence electrons. The number of hydrogen-bond acceptors (Lipinski definition) is 5. The molecule has 10 heteroatoms.